The fourth-order valence-corrected chi connectivity index (χ4v) is 4.53. The van der Waals surface area contributed by atoms with Gasteiger partial charge in [-0.3, -0.25) is 4.68 Å². The summed E-state index contributed by atoms with van der Waals surface area (Å²) in [5.74, 6) is -0.488. The smallest absolute Gasteiger partial charge is 0.338 e. The van der Waals surface area contributed by atoms with Crippen LogP contribution in [0.15, 0.2) is 96.0 Å². The van der Waals surface area contributed by atoms with E-state index in [1.165, 1.54) is 24.3 Å². The molecule has 0 radical (unpaired) electrons. The first-order valence-corrected chi connectivity index (χ1v) is 12.4. The lowest BCUT2D eigenvalue weighted by atomic mass is 10.1. The number of esters is 1. The molecule has 0 spiro atoms. The molecular weight excluding hydrogens is 450 g/mol. The number of sulfonamides is 1. The number of benzene rings is 3. The van der Waals surface area contributed by atoms with Gasteiger partial charge in [-0.25, -0.2) is 17.9 Å². The molecule has 0 saturated carbocycles. The molecule has 7 nitrogen and oxygen atoms in total. The van der Waals surface area contributed by atoms with E-state index in [2.05, 4.69) is 4.72 Å². The standard InChI is InChI=1S/C26H25N3O4S/c1-2-33-26(30)22-13-15-24(16-14-22)34(31,32)27-17-23-19-29(18-20-9-5-3-6-10-20)28-25(23)21-11-7-4-8-12-21/h3-16,19,27H,2,17-18H2,1H3. The van der Waals surface area contributed by atoms with Crippen LogP contribution in [0.25, 0.3) is 11.3 Å². The molecule has 0 fully saturated rings. The summed E-state index contributed by atoms with van der Waals surface area (Å²) in [6.45, 7) is 2.61. The summed E-state index contributed by atoms with van der Waals surface area (Å²) in [5, 5.41) is 4.73. The number of carbonyl (C=O) groups excluding carboxylic acids is 1. The average molecular weight is 476 g/mol. The van der Waals surface area contributed by atoms with Crippen LogP contribution in [0.4, 0.5) is 0 Å². The van der Waals surface area contributed by atoms with Crippen molar-refractivity contribution < 1.29 is 17.9 Å². The lowest BCUT2D eigenvalue weighted by molar-refractivity contribution is 0.0526. The van der Waals surface area contributed by atoms with Crippen LogP contribution >= 0.6 is 0 Å². The molecule has 4 aromatic rings. The van der Waals surface area contributed by atoms with Gasteiger partial charge < -0.3 is 4.74 Å². The van der Waals surface area contributed by atoms with E-state index in [0.29, 0.717) is 12.1 Å². The predicted molar refractivity (Wildman–Crippen MR) is 130 cm³/mol. The fraction of sp³-hybridized carbons (Fsp3) is 0.154. The van der Waals surface area contributed by atoms with Crippen LogP contribution in [0.2, 0.25) is 0 Å². The van der Waals surface area contributed by atoms with E-state index in [-0.39, 0.29) is 18.0 Å². The second kappa shape index (κ2) is 10.5. The Bertz CT molecular complexity index is 1350. The lowest BCUT2D eigenvalue weighted by Gasteiger charge is -2.08. The number of aromatic nitrogens is 2. The molecule has 1 N–H and O–H groups in total. The summed E-state index contributed by atoms with van der Waals surface area (Å²) in [6, 6.07) is 25.3. The molecular formula is C26H25N3O4S. The molecule has 3 aromatic carbocycles. The third kappa shape index (κ3) is 5.59. The van der Waals surface area contributed by atoms with Gasteiger partial charge in [0.05, 0.1) is 29.3 Å². The summed E-state index contributed by atoms with van der Waals surface area (Å²) in [7, 11) is -3.80. The maximum absolute atomic E-state index is 12.9. The van der Waals surface area contributed by atoms with Gasteiger partial charge in [0, 0.05) is 23.9 Å². The van der Waals surface area contributed by atoms with Gasteiger partial charge >= 0.3 is 5.97 Å². The van der Waals surface area contributed by atoms with Crippen molar-refractivity contribution in [3.05, 3.63) is 108 Å². The van der Waals surface area contributed by atoms with E-state index >= 15 is 0 Å². The zero-order valence-corrected chi connectivity index (χ0v) is 19.5. The summed E-state index contributed by atoms with van der Waals surface area (Å²) in [6.07, 6.45) is 1.86. The van der Waals surface area contributed by atoms with Crippen molar-refractivity contribution in [1.29, 1.82) is 0 Å². The third-order valence-electron chi connectivity index (χ3n) is 5.20. The van der Waals surface area contributed by atoms with Gasteiger partial charge in [-0.1, -0.05) is 60.7 Å². The molecule has 8 heteroatoms. The first-order valence-electron chi connectivity index (χ1n) is 10.9. The topological polar surface area (TPSA) is 90.3 Å². The van der Waals surface area contributed by atoms with Crippen molar-refractivity contribution in [3.8, 4) is 11.3 Å². The highest BCUT2D eigenvalue weighted by atomic mass is 32.2. The summed E-state index contributed by atoms with van der Waals surface area (Å²) in [5.41, 5.74) is 3.78. The Morgan fingerprint density at radius 2 is 1.59 bits per heavy atom. The van der Waals surface area contributed by atoms with Crippen molar-refractivity contribution in [1.82, 2.24) is 14.5 Å². The minimum atomic E-state index is -3.80. The van der Waals surface area contributed by atoms with E-state index in [9.17, 15) is 13.2 Å². The highest BCUT2D eigenvalue weighted by molar-refractivity contribution is 7.89. The van der Waals surface area contributed by atoms with Crippen molar-refractivity contribution in [3.63, 3.8) is 0 Å². The molecule has 174 valence electrons. The van der Waals surface area contributed by atoms with E-state index in [0.717, 1.165) is 22.4 Å². The minimum Gasteiger partial charge on any atom is -0.462 e. The fourth-order valence-electron chi connectivity index (χ4n) is 3.52. The first kappa shape index (κ1) is 23.4. The van der Waals surface area contributed by atoms with E-state index in [1.807, 2.05) is 71.5 Å². The number of carbonyl (C=O) groups is 1. The number of hydrogen-bond acceptors (Lipinski definition) is 5. The highest BCUT2D eigenvalue weighted by Gasteiger charge is 2.18. The second-order valence-corrected chi connectivity index (χ2v) is 9.39. The second-order valence-electron chi connectivity index (χ2n) is 7.62. The number of nitrogens with one attached hydrogen (secondary N) is 1. The molecule has 0 bridgehead atoms. The van der Waals surface area contributed by atoms with Gasteiger partial charge in [0.15, 0.2) is 0 Å². The van der Waals surface area contributed by atoms with E-state index in [4.69, 9.17) is 9.84 Å². The van der Waals surface area contributed by atoms with E-state index < -0.39 is 16.0 Å². The maximum atomic E-state index is 12.9. The molecule has 0 amide bonds. The van der Waals surface area contributed by atoms with Gasteiger partial charge in [0.1, 0.15) is 0 Å². The Balaban J connectivity index is 1.55. The lowest BCUT2D eigenvalue weighted by Crippen LogP contribution is -2.23. The summed E-state index contributed by atoms with van der Waals surface area (Å²) in [4.78, 5) is 11.9. The van der Waals surface area contributed by atoms with Crippen LogP contribution in [-0.4, -0.2) is 30.8 Å². The zero-order chi connectivity index (χ0) is 24.0. The largest absolute Gasteiger partial charge is 0.462 e. The number of rotatable bonds is 9. The van der Waals surface area contributed by atoms with Crippen LogP contribution in [0.3, 0.4) is 0 Å². The van der Waals surface area contributed by atoms with Gasteiger partial charge in [-0.05, 0) is 36.8 Å². The Hall–Kier alpha value is -3.75. The molecule has 1 aromatic heterocycles. The monoisotopic (exact) mass is 475 g/mol. The number of ether oxygens (including phenoxy) is 1. The van der Waals surface area contributed by atoms with Gasteiger partial charge in [-0.2, -0.15) is 5.10 Å². The Kier molecular flexibility index (Phi) is 7.20. The third-order valence-corrected chi connectivity index (χ3v) is 6.62. The Morgan fingerprint density at radius 1 is 0.941 bits per heavy atom. The van der Waals surface area contributed by atoms with Crippen LogP contribution < -0.4 is 4.72 Å². The molecule has 0 unspecified atom stereocenters. The minimum absolute atomic E-state index is 0.0680. The molecule has 4 rings (SSSR count). The first-order chi connectivity index (χ1) is 16.5. The molecule has 0 aliphatic rings. The van der Waals surface area contributed by atoms with Gasteiger partial charge in [0.2, 0.25) is 10.0 Å². The van der Waals surface area contributed by atoms with Crippen molar-refractivity contribution in [2.45, 2.75) is 24.9 Å². The molecule has 0 aliphatic carbocycles. The van der Waals surface area contributed by atoms with Gasteiger partial charge in [0.25, 0.3) is 0 Å². The highest BCUT2D eigenvalue weighted by Crippen LogP contribution is 2.23. The Labute approximate surface area is 199 Å². The van der Waals surface area contributed by atoms with Crippen LogP contribution in [0.5, 0.6) is 0 Å². The number of nitrogens with zero attached hydrogens (tertiary/aromatic N) is 2. The molecule has 0 saturated heterocycles. The zero-order valence-electron chi connectivity index (χ0n) is 18.7. The van der Waals surface area contributed by atoms with Crippen molar-refractivity contribution in [2.75, 3.05) is 6.61 Å². The quantitative estimate of drug-likeness (QED) is 0.366. The molecule has 1 heterocycles. The van der Waals surface area contributed by atoms with Crippen molar-refractivity contribution >= 4 is 16.0 Å². The SMILES string of the molecule is CCOC(=O)c1ccc(S(=O)(=O)NCc2cn(Cc3ccccc3)nc2-c2ccccc2)cc1. The normalized spacial score (nSPS) is 11.3. The molecule has 34 heavy (non-hydrogen) atoms. The van der Waals surface area contributed by atoms with Gasteiger partial charge in [-0.15, -0.1) is 0 Å². The van der Waals surface area contributed by atoms with Crippen LogP contribution in [0, 0.1) is 0 Å². The average Bonchev–Trinajstić information content (AvgIpc) is 3.27. The Morgan fingerprint density at radius 3 is 2.24 bits per heavy atom. The molecule has 0 aliphatic heterocycles. The van der Waals surface area contributed by atoms with Crippen LogP contribution in [0.1, 0.15) is 28.4 Å². The summed E-state index contributed by atoms with van der Waals surface area (Å²) < 4.78 is 35.2. The molecule has 0 atom stereocenters. The predicted octanol–water partition coefficient (Wildman–Crippen LogP) is 4.25. The maximum Gasteiger partial charge on any atom is 0.338 e. The van der Waals surface area contributed by atoms with Crippen LogP contribution in [-0.2, 0) is 27.8 Å². The summed E-state index contributed by atoms with van der Waals surface area (Å²) >= 11 is 0. The van der Waals surface area contributed by atoms with E-state index in [1.54, 1.807) is 6.92 Å². The van der Waals surface area contributed by atoms with Crippen molar-refractivity contribution in [2.24, 2.45) is 0 Å². The number of hydrogen-bond donors (Lipinski definition) is 1.